The van der Waals surface area contributed by atoms with Crippen molar-refractivity contribution in [1.82, 2.24) is 20.2 Å². The van der Waals surface area contributed by atoms with E-state index in [1.54, 1.807) is 7.11 Å². The molecule has 0 atom stereocenters. The van der Waals surface area contributed by atoms with E-state index in [9.17, 15) is 9.90 Å². The number of aryl methyl sites for hydroxylation is 2. The van der Waals surface area contributed by atoms with Gasteiger partial charge in [-0.15, -0.1) is 0 Å². The molecule has 0 radical (unpaired) electrons. The number of hydrogen-bond donors (Lipinski definition) is 3. The maximum Gasteiger partial charge on any atom is 0.322 e. The topological polar surface area (TPSA) is 121 Å². The molecule has 37 heavy (non-hydrogen) atoms. The van der Waals surface area contributed by atoms with Crippen molar-refractivity contribution in [1.29, 1.82) is 0 Å². The van der Waals surface area contributed by atoms with E-state index in [2.05, 4.69) is 37.5 Å². The SMILES string of the molecule is COc1cc2c(NC(=Nc3c(C)cccc3C)NCC(=O)O)ncnc2cc1OCC1CCN(C)CC1. The Morgan fingerprint density at radius 1 is 1.16 bits per heavy atom. The Bertz CT molecular complexity index is 1270. The molecule has 0 aliphatic carbocycles. The monoisotopic (exact) mass is 506 g/mol. The summed E-state index contributed by atoms with van der Waals surface area (Å²) in [5.41, 5.74) is 3.36. The number of hydrogen-bond acceptors (Lipinski definition) is 7. The normalized spacial score (nSPS) is 15.0. The third kappa shape index (κ3) is 6.65. The summed E-state index contributed by atoms with van der Waals surface area (Å²) < 4.78 is 11.8. The van der Waals surface area contributed by atoms with Gasteiger partial charge in [0.1, 0.15) is 18.7 Å². The number of carboxylic acid groups (broad SMARTS) is 1. The summed E-state index contributed by atoms with van der Waals surface area (Å²) >= 11 is 0. The molecular formula is C27H34N6O4. The summed E-state index contributed by atoms with van der Waals surface area (Å²) in [4.78, 5) is 27.1. The average Bonchev–Trinajstić information content (AvgIpc) is 2.88. The Labute approximate surface area is 216 Å². The van der Waals surface area contributed by atoms with E-state index >= 15 is 0 Å². The van der Waals surface area contributed by atoms with Gasteiger partial charge in [-0.25, -0.2) is 15.0 Å². The minimum atomic E-state index is -1.00. The zero-order chi connectivity index (χ0) is 26.4. The summed E-state index contributed by atoms with van der Waals surface area (Å²) in [6, 6.07) is 9.55. The molecule has 1 saturated heterocycles. The fourth-order valence-corrected chi connectivity index (χ4v) is 4.35. The number of nitrogens with zero attached hydrogens (tertiary/aromatic N) is 4. The number of aliphatic imine (C=N–C) groups is 1. The number of rotatable bonds is 8. The first-order valence-electron chi connectivity index (χ1n) is 12.4. The van der Waals surface area contributed by atoms with Crippen LogP contribution in [0.15, 0.2) is 41.7 Å². The van der Waals surface area contributed by atoms with Gasteiger partial charge in [0.25, 0.3) is 0 Å². The van der Waals surface area contributed by atoms with Crippen molar-refractivity contribution in [2.75, 3.05) is 45.7 Å². The number of carboxylic acids is 1. The molecule has 4 rings (SSSR count). The highest BCUT2D eigenvalue weighted by molar-refractivity contribution is 6.03. The Kier molecular flexibility index (Phi) is 8.39. The second kappa shape index (κ2) is 11.9. The van der Waals surface area contributed by atoms with Gasteiger partial charge >= 0.3 is 5.97 Å². The fraction of sp³-hybridized carbons (Fsp3) is 0.407. The van der Waals surface area contributed by atoms with Crippen LogP contribution < -0.4 is 20.1 Å². The minimum absolute atomic E-state index is 0.265. The van der Waals surface area contributed by atoms with Gasteiger partial charge in [0.15, 0.2) is 11.5 Å². The van der Waals surface area contributed by atoms with Crippen LogP contribution in [0.1, 0.15) is 24.0 Å². The van der Waals surface area contributed by atoms with Crippen LogP contribution in [0.4, 0.5) is 11.5 Å². The van der Waals surface area contributed by atoms with Gasteiger partial charge < -0.3 is 30.1 Å². The second-order valence-corrected chi connectivity index (χ2v) is 9.37. The molecule has 3 N–H and O–H groups in total. The first kappa shape index (κ1) is 26.2. The number of fused-ring (bicyclic) bond motifs is 1. The third-order valence-corrected chi connectivity index (χ3v) is 6.54. The number of methoxy groups -OCH3 is 1. The number of aromatic nitrogens is 2. The van der Waals surface area contributed by atoms with E-state index in [1.807, 2.05) is 44.2 Å². The Morgan fingerprint density at radius 3 is 2.57 bits per heavy atom. The Balaban J connectivity index is 1.62. The van der Waals surface area contributed by atoms with Crippen LogP contribution in [0.3, 0.4) is 0 Å². The van der Waals surface area contributed by atoms with E-state index in [4.69, 9.17) is 9.47 Å². The van der Waals surface area contributed by atoms with Crippen LogP contribution in [0.2, 0.25) is 0 Å². The van der Waals surface area contributed by atoms with Crippen molar-refractivity contribution < 1.29 is 19.4 Å². The third-order valence-electron chi connectivity index (χ3n) is 6.54. The molecule has 1 aromatic heterocycles. The zero-order valence-electron chi connectivity index (χ0n) is 21.7. The number of anilines is 1. The van der Waals surface area contributed by atoms with E-state index in [0.29, 0.717) is 40.7 Å². The van der Waals surface area contributed by atoms with E-state index < -0.39 is 5.97 Å². The van der Waals surface area contributed by atoms with Crippen LogP contribution in [0, 0.1) is 19.8 Å². The number of nitrogens with one attached hydrogen (secondary N) is 2. The van der Waals surface area contributed by atoms with Crippen molar-refractivity contribution in [2.45, 2.75) is 26.7 Å². The quantitative estimate of drug-likeness (QED) is 0.310. The van der Waals surface area contributed by atoms with Gasteiger partial charge in [0.2, 0.25) is 5.96 Å². The van der Waals surface area contributed by atoms with Gasteiger partial charge in [-0.1, -0.05) is 18.2 Å². The number of ether oxygens (including phenoxy) is 2. The average molecular weight is 507 g/mol. The summed E-state index contributed by atoms with van der Waals surface area (Å²) in [5.74, 6) is 1.44. The zero-order valence-corrected chi connectivity index (χ0v) is 21.7. The van der Waals surface area contributed by atoms with Gasteiger partial charge in [0, 0.05) is 11.5 Å². The predicted molar refractivity (Wildman–Crippen MR) is 144 cm³/mol. The summed E-state index contributed by atoms with van der Waals surface area (Å²) in [6.45, 7) is 6.38. The maximum absolute atomic E-state index is 11.3. The first-order chi connectivity index (χ1) is 17.8. The highest BCUT2D eigenvalue weighted by Gasteiger charge is 2.19. The molecule has 196 valence electrons. The molecule has 0 bridgehead atoms. The van der Waals surface area contributed by atoms with Gasteiger partial charge in [-0.2, -0.15) is 0 Å². The molecule has 3 aromatic rings. The fourth-order valence-electron chi connectivity index (χ4n) is 4.35. The smallest absolute Gasteiger partial charge is 0.322 e. The summed E-state index contributed by atoms with van der Waals surface area (Å²) in [7, 11) is 3.74. The van der Waals surface area contributed by atoms with Crippen LogP contribution in [-0.4, -0.2) is 72.3 Å². The number of piperidine rings is 1. The van der Waals surface area contributed by atoms with Gasteiger partial charge in [-0.3, -0.25) is 4.79 Å². The molecule has 2 aromatic carbocycles. The molecule has 1 fully saturated rings. The minimum Gasteiger partial charge on any atom is -0.493 e. The Morgan fingerprint density at radius 2 is 1.89 bits per heavy atom. The highest BCUT2D eigenvalue weighted by Crippen LogP contribution is 2.35. The molecule has 10 heteroatoms. The number of likely N-dealkylation sites (tertiary alicyclic amines) is 1. The van der Waals surface area contributed by atoms with Crippen LogP contribution >= 0.6 is 0 Å². The van der Waals surface area contributed by atoms with Crippen molar-refractivity contribution in [3.05, 3.63) is 47.8 Å². The number of benzene rings is 2. The summed E-state index contributed by atoms with van der Waals surface area (Å²) in [5, 5.41) is 15.9. The number of para-hydroxylation sites is 1. The van der Waals surface area contributed by atoms with Crippen molar-refractivity contribution in [3.8, 4) is 11.5 Å². The number of guanidine groups is 1. The lowest BCUT2D eigenvalue weighted by atomic mass is 9.98. The van der Waals surface area contributed by atoms with Crippen LogP contribution in [0.25, 0.3) is 10.9 Å². The largest absolute Gasteiger partial charge is 0.493 e. The van der Waals surface area contributed by atoms with Gasteiger partial charge in [0.05, 0.1) is 24.9 Å². The van der Waals surface area contributed by atoms with Crippen LogP contribution in [0.5, 0.6) is 11.5 Å². The maximum atomic E-state index is 11.3. The molecule has 1 aliphatic heterocycles. The molecule has 0 amide bonds. The lowest BCUT2D eigenvalue weighted by Gasteiger charge is -2.28. The van der Waals surface area contributed by atoms with Crippen molar-refractivity contribution in [2.24, 2.45) is 10.9 Å². The first-order valence-corrected chi connectivity index (χ1v) is 12.4. The number of carbonyl (C=O) groups is 1. The van der Waals surface area contributed by atoms with Crippen molar-refractivity contribution in [3.63, 3.8) is 0 Å². The molecule has 1 aliphatic rings. The highest BCUT2D eigenvalue weighted by atomic mass is 16.5. The Hall–Kier alpha value is -3.92. The standard InChI is InChI=1S/C27H34N6O4/c1-17-6-5-7-18(2)25(17)31-27(28-14-24(34)35)32-26-20-12-22(36-4)23(13-21(20)29-16-30-26)37-15-19-8-10-33(3)11-9-19/h5-7,12-13,16,19H,8-11,14-15H2,1-4H3,(H,34,35)(H2,28,29,30,31,32). The van der Waals surface area contributed by atoms with Crippen LogP contribution in [-0.2, 0) is 4.79 Å². The molecule has 0 unspecified atom stereocenters. The lowest BCUT2D eigenvalue weighted by Crippen LogP contribution is -2.35. The molecule has 0 spiro atoms. The van der Waals surface area contributed by atoms with Crippen molar-refractivity contribution >= 4 is 34.3 Å². The van der Waals surface area contributed by atoms with E-state index in [1.165, 1.54) is 6.33 Å². The van der Waals surface area contributed by atoms with E-state index in [-0.39, 0.29) is 12.5 Å². The number of aliphatic carboxylic acids is 1. The van der Waals surface area contributed by atoms with Gasteiger partial charge in [-0.05, 0) is 69.9 Å². The van der Waals surface area contributed by atoms with E-state index in [0.717, 1.165) is 42.7 Å². The molecular weight excluding hydrogens is 472 g/mol. The molecule has 2 heterocycles. The predicted octanol–water partition coefficient (Wildman–Crippen LogP) is 3.75. The molecule has 0 saturated carbocycles. The summed E-state index contributed by atoms with van der Waals surface area (Å²) in [6.07, 6.45) is 3.66. The lowest BCUT2D eigenvalue weighted by molar-refractivity contribution is -0.135. The second-order valence-electron chi connectivity index (χ2n) is 9.37. The molecule has 10 nitrogen and oxygen atoms in total.